The molecule has 1 aromatic rings. The van der Waals surface area contributed by atoms with Crippen molar-refractivity contribution in [3.05, 3.63) is 24.0 Å². The van der Waals surface area contributed by atoms with Crippen molar-refractivity contribution in [1.82, 2.24) is 0 Å². The number of hydrogen-bond acceptors (Lipinski definition) is 2. The molecule has 0 radical (unpaired) electrons. The molecule has 1 rings (SSSR count). The van der Waals surface area contributed by atoms with Crippen molar-refractivity contribution < 1.29 is 9.13 Å². The Labute approximate surface area is 70.6 Å². The summed E-state index contributed by atoms with van der Waals surface area (Å²) in [7, 11) is 1.45. The maximum absolute atomic E-state index is 12.6. The number of nitrogens with two attached hydrogens (primary N) is 1. The highest BCUT2D eigenvalue weighted by atomic mass is 35.5. The van der Waals surface area contributed by atoms with Gasteiger partial charge >= 0.3 is 0 Å². The maximum atomic E-state index is 12.6. The Hall–Kier alpha value is -0.960. The van der Waals surface area contributed by atoms with Crippen molar-refractivity contribution >= 4 is 18.1 Å². The Bertz CT molecular complexity index is 242. The molecule has 1 aromatic carbocycles. The van der Waals surface area contributed by atoms with Crippen LogP contribution in [0.4, 0.5) is 10.1 Å². The number of hydrogen-bond donors (Lipinski definition) is 1. The molecule has 0 aliphatic rings. The second-order valence-electron chi connectivity index (χ2n) is 1.86. The summed E-state index contributed by atoms with van der Waals surface area (Å²) in [6.45, 7) is 0. The lowest BCUT2D eigenvalue weighted by molar-refractivity contribution is 0.414. The molecule has 0 unspecified atom stereocenters. The van der Waals surface area contributed by atoms with Crippen molar-refractivity contribution in [2.24, 2.45) is 0 Å². The lowest BCUT2D eigenvalue weighted by Gasteiger charge is -2.02. The van der Waals surface area contributed by atoms with E-state index in [0.29, 0.717) is 5.75 Å². The van der Waals surface area contributed by atoms with E-state index in [4.69, 9.17) is 10.5 Å². The highest BCUT2D eigenvalue weighted by Gasteiger charge is 2.01. The molecule has 0 bridgehead atoms. The van der Waals surface area contributed by atoms with E-state index < -0.39 is 5.82 Å². The summed E-state index contributed by atoms with van der Waals surface area (Å²) in [6, 6.07) is 4.45. The topological polar surface area (TPSA) is 35.2 Å². The Morgan fingerprint density at radius 3 is 2.55 bits per heavy atom. The van der Waals surface area contributed by atoms with E-state index in [9.17, 15) is 4.39 Å². The van der Waals surface area contributed by atoms with Gasteiger partial charge in [0, 0.05) is 0 Å². The minimum Gasteiger partial charge on any atom is -0.494 e. The Balaban J connectivity index is 0.000001000. The van der Waals surface area contributed by atoms with Gasteiger partial charge in [0.1, 0.15) is 17.3 Å². The normalized spacial score (nSPS) is 8.55. The number of anilines is 1. The molecule has 62 valence electrons. The quantitative estimate of drug-likeness (QED) is 0.665. The van der Waals surface area contributed by atoms with Gasteiger partial charge in [-0.05, 0) is 12.1 Å². The van der Waals surface area contributed by atoms with Crippen LogP contribution in [0, 0.1) is 5.82 Å². The highest BCUT2D eigenvalue weighted by molar-refractivity contribution is 5.85. The monoisotopic (exact) mass is 177 g/mol. The molecule has 0 aromatic heterocycles. The number of nitrogen functional groups attached to an aromatic ring is 1. The molecule has 0 spiro atoms. The first-order valence-corrected chi connectivity index (χ1v) is 2.83. The van der Waals surface area contributed by atoms with Crippen LogP contribution in [0.25, 0.3) is 0 Å². The van der Waals surface area contributed by atoms with Crippen molar-refractivity contribution in [3.8, 4) is 5.75 Å². The summed E-state index contributed by atoms with van der Waals surface area (Å²) in [6.07, 6.45) is 0. The van der Waals surface area contributed by atoms with Crippen molar-refractivity contribution in [3.63, 3.8) is 0 Å². The first-order valence-electron chi connectivity index (χ1n) is 2.83. The van der Waals surface area contributed by atoms with Crippen LogP contribution in [0.15, 0.2) is 18.2 Å². The first-order chi connectivity index (χ1) is 4.75. The molecule has 4 heteroatoms. The predicted octanol–water partition coefficient (Wildman–Crippen LogP) is 1.84. The largest absolute Gasteiger partial charge is 0.494 e. The number of benzene rings is 1. The third-order valence-electron chi connectivity index (χ3n) is 1.23. The Morgan fingerprint density at radius 2 is 2.09 bits per heavy atom. The van der Waals surface area contributed by atoms with Gasteiger partial charge in [-0.3, -0.25) is 0 Å². The number of ether oxygens (including phenoxy) is 1. The van der Waals surface area contributed by atoms with E-state index in [-0.39, 0.29) is 18.1 Å². The number of methoxy groups -OCH3 is 1. The number of para-hydroxylation sites is 1. The SMILES string of the molecule is COc1cccc(F)c1N.Cl. The fourth-order valence-corrected chi connectivity index (χ4v) is 0.695. The molecule has 0 aliphatic heterocycles. The standard InChI is InChI=1S/C7H8FNO.ClH/c1-10-6-4-2-3-5(8)7(6)9;/h2-4H,9H2,1H3;1H. The van der Waals surface area contributed by atoms with E-state index in [1.165, 1.54) is 13.2 Å². The third-order valence-corrected chi connectivity index (χ3v) is 1.23. The van der Waals surface area contributed by atoms with Gasteiger partial charge in [-0.1, -0.05) is 6.07 Å². The predicted molar refractivity (Wildman–Crippen MR) is 44.6 cm³/mol. The van der Waals surface area contributed by atoms with E-state index >= 15 is 0 Å². The summed E-state index contributed by atoms with van der Waals surface area (Å²) in [5.41, 5.74) is 5.35. The van der Waals surface area contributed by atoms with Crippen molar-refractivity contribution in [2.45, 2.75) is 0 Å². The fraction of sp³-hybridized carbons (Fsp3) is 0.143. The van der Waals surface area contributed by atoms with Gasteiger partial charge in [-0.15, -0.1) is 12.4 Å². The van der Waals surface area contributed by atoms with Crippen LogP contribution in [-0.2, 0) is 0 Å². The molecule has 0 heterocycles. The minimum absolute atomic E-state index is 0. The average Bonchev–Trinajstić information content (AvgIpc) is 1.95. The molecule has 0 aliphatic carbocycles. The van der Waals surface area contributed by atoms with Crippen LogP contribution in [-0.4, -0.2) is 7.11 Å². The number of rotatable bonds is 1. The summed E-state index contributed by atoms with van der Waals surface area (Å²) in [4.78, 5) is 0. The van der Waals surface area contributed by atoms with Gasteiger partial charge in [0.2, 0.25) is 0 Å². The van der Waals surface area contributed by atoms with Gasteiger partial charge in [0.05, 0.1) is 7.11 Å². The van der Waals surface area contributed by atoms with E-state index in [2.05, 4.69) is 0 Å². The zero-order valence-electron chi connectivity index (χ0n) is 6.00. The second kappa shape index (κ2) is 4.03. The molecule has 2 N–H and O–H groups in total. The molecule has 0 atom stereocenters. The lowest BCUT2D eigenvalue weighted by Crippen LogP contribution is -1.94. The smallest absolute Gasteiger partial charge is 0.149 e. The summed E-state index contributed by atoms with van der Waals surface area (Å²) >= 11 is 0. The minimum atomic E-state index is -0.445. The average molecular weight is 178 g/mol. The van der Waals surface area contributed by atoms with Crippen LogP contribution in [0.5, 0.6) is 5.75 Å². The Kier molecular flexibility index (Phi) is 3.68. The van der Waals surface area contributed by atoms with Gasteiger partial charge in [0.15, 0.2) is 0 Å². The first kappa shape index (κ1) is 10.0. The van der Waals surface area contributed by atoms with Crippen molar-refractivity contribution in [1.29, 1.82) is 0 Å². The van der Waals surface area contributed by atoms with Crippen LogP contribution in [0.3, 0.4) is 0 Å². The fourth-order valence-electron chi connectivity index (χ4n) is 0.695. The van der Waals surface area contributed by atoms with Crippen LogP contribution in [0.1, 0.15) is 0 Å². The summed E-state index contributed by atoms with van der Waals surface area (Å²) < 4.78 is 17.3. The molecule has 2 nitrogen and oxygen atoms in total. The summed E-state index contributed by atoms with van der Waals surface area (Å²) in [5, 5.41) is 0. The molecule has 0 amide bonds. The van der Waals surface area contributed by atoms with Gasteiger partial charge in [-0.25, -0.2) is 4.39 Å². The van der Waals surface area contributed by atoms with Gasteiger partial charge in [-0.2, -0.15) is 0 Å². The second-order valence-corrected chi connectivity index (χ2v) is 1.86. The molecule has 11 heavy (non-hydrogen) atoms. The van der Waals surface area contributed by atoms with E-state index in [1.54, 1.807) is 12.1 Å². The van der Waals surface area contributed by atoms with E-state index in [1.807, 2.05) is 0 Å². The molecule has 0 fully saturated rings. The van der Waals surface area contributed by atoms with Crippen LogP contribution < -0.4 is 10.5 Å². The third kappa shape index (κ3) is 1.98. The van der Waals surface area contributed by atoms with Gasteiger partial charge < -0.3 is 10.5 Å². The van der Waals surface area contributed by atoms with Gasteiger partial charge in [0.25, 0.3) is 0 Å². The van der Waals surface area contributed by atoms with Crippen LogP contribution >= 0.6 is 12.4 Å². The molecule has 0 saturated heterocycles. The maximum Gasteiger partial charge on any atom is 0.149 e. The molecular formula is C7H9ClFNO. The summed E-state index contributed by atoms with van der Waals surface area (Å²) in [5.74, 6) is -0.0700. The van der Waals surface area contributed by atoms with E-state index in [0.717, 1.165) is 0 Å². The number of halogens is 2. The Morgan fingerprint density at radius 1 is 1.45 bits per heavy atom. The molecular weight excluding hydrogens is 169 g/mol. The van der Waals surface area contributed by atoms with Crippen LogP contribution in [0.2, 0.25) is 0 Å². The zero-order valence-corrected chi connectivity index (χ0v) is 6.82. The highest BCUT2D eigenvalue weighted by Crippen LogP contribution is 2.22. The molecule has 0 saturated carbocycles. The zero-order chi connectivity index (χ0) is 7.56. The lowest BCUT2D eigenvalue weighted by atomic mass is 10.3. The van der Waals surface area contributed by atoms with Crippen molar-refractivity contribution in [2.75, 3.05) is 12.8 Å².